The summed E-state index contributed by atoms with van der Waals surface area (Å²) in [5.41, 5.74) is 3.35. The van der Waals surface area contributed by atoms with Crippen LogP contribution in [0.4, 0.5) is 10.5 Å². The zero-order valence-electron chi connectivity index (χ0n) is 15.7. The predicted octanol–water partition coefficient (Wildman–Crippen LogP) is 3.40. The molecule has 0 atom stereocenters. The van der Waals surface area contributed by atoms with Gasteiger partial charge < -0.3 is 15.2 Å². The summed E-state index contributed by atoms with van der Waals surface area (Å²) >= 11 is 3.60. The monoisotopic (exact) mass is 454 g/mol. The van der Waals surface area contributed by atoms with E-state index < -0.39 is 6.03 Å². The third-order valence-electron chi connectivity index (χ3n) is 4.94. The molecule has 0 bridgehead atoms. The van der Waals surface area contributed by atoms with Crippen LogP contribution >= 0.6 is 15.9 Å². The van der Waals surface area contributed by atoms with Crippen molar-refractivity contribution in [2.45, 2.75) is 20.0 Å². The normalized spacial score (nSPS) is 13.8. The van der Waals surface area contributed by atoms with Gasteiger partial charge >= 0.3 is 6.03 Å². The number of anilines is 1. The molecule has 4 amide bonds. The summed E-state index contributed by atoms with van der Waals surface area (Å²) in [7, 11) is 0. The van der Waals surface area contributed by atoms with Gasteiger partial charge in [0.05, 0.1) is 13.1 Å². The Morgan fingerprint density at radius 1 is 1.17 bits per heavy atom. The van der Waals surface area contributed by atoms with E-state index in [2.05, 4.69) is 26.6 Å². The highest BCUT2D eigenvalue weighted by molar-refractivity contribution is 9.10. The highest BCUT2D eigenvalue weighted by Crippen LogP contribution is 2.30. The Labute approximate surface area is 175 Å². The van der Waals surface area contributed by atoms with Gasteiger partial charge in [0, 0.05) is 26.8 Å². The van der Waals surface area contributed by atoms with E-state index in [0.717, 1.165) is 31.5 Å². The second-order valence-corrected chi connectivity index (χ2v) is 7.68. The fraction of sp³-hybridized carbons (Fsp3) is 0.190. The minimum Gasteiger partial charge on any atom is -0.334 e. The Hall–Kier alpha value is -3.13. The number of hydrogen-bond donors (Lipinski definition) is 2. The minimum absolute atomic E-state index is 0.0228. The Morgan fingerprint density at radius 3 is 2.72 bits per heavy atom. The van der Waals surface area contributed by atoms with Gasteiger partial charge in [0.25, 0.3) is 0 Å². The number of aromatic nitrogens is 1. The predicted molar refractivity (Wildman–Crippen MR) is 113 cm³/mol. The molecule has 1 aliphatic heterocycles. The number of nitrogens with zero attached hydrogens (tertiary/aromatic N) is 2. The van der Waals surface area contributed by atoms with Crippen LogP contribution in [0.3, 0.4) is 0 Å². The lowest BCUT2D eigenvalue weighted by Crippen LogP contribution is -2.30. The van der Waals surface area contributed by atoms with E-state index in [0.29, 0.717) is 5.69 Å². The van der Waals surface area contributed by atoms with Gasteiger partial charge in [-0.25, -0.2) is 4.79 Å². The van der Waals surface area contributed by atoms with Gasteiger partial charge in [0.15, 0.2) is 0 Å². The zero-order valence-corrected chi connectivity index (χ0v) is 17.3. The van der Waals surface area contributed by atoms with E-state index in [9.17, 15) is 14.4 Å². The molecule has 29 heavy (non-hydrogen) atoms. The van der Waals surface area contributed by atoms with Crippen LogP contribution in [0.5, 0.6) is 0 Å². The number of imide groups is 1. The standard InChI is InChI=1S/C21H19BrN4O3/c1-13-20(22)16-7-2-3-8-17(16)25(13)12-18(27)24-15-6-4-5-14(9-15)11-26-19(28)10-23-21(26)29/h2-9H,10-12H2,1H3,(H,23,29)(H,24,27). The number of hydrogen-bond acceptors (Lipinski definition) is 3. The number of halogens is 1. The third-order valence-corrected chi connectivity index (χ3v) is 5.95. The maximum Gasteiger partial charge on any atom is 0.324 e. The molecular weight excluding hydrogens is 436 g/mol. The lowest BCUT2D eigenvalue weighted by molar-refractivity contribution is -0.125. The molecule has 8 heteroatoms. The first-order valence-electron chi connectivity index (χ1n) is 9.14. The molecule has 1 aromatic heterocycles. The van der Waals surface area contributed by atoms with Crippen LogP contribution in [0, 0.1) is 6.92 Å². The number of rotatable bonds is 5. The summed E-state index contributed by atoms with van der Waals surface area (Å²) in [6, 6.07) is 14.7. The van der Waals surface area contributed by atoms with Crippen LogP contribution in [0.15, 0.2) is 53.0 Å². The number of urea groups is 1. The highest BCUT2D eigenvalue weighted by atomic mass is 79.9. The van der Waals surface area contributed by atoms with Crippen LogP contribution in [0.2, 0.25) is 0 Å². The molecule has 2 aromatic carbocycles. The van der Waals surface area contributed by atoms with Gasteiger partial charge in [0.2, 0.25) is 11.8 Å². The molecule has 7 nitrogen and oxygen atoms in total. The van der Waals surface area contributed by atoms with E-state index in [1.54, 1.807) is 18.2 Å². The molecule has 0 saturated carbocycles. The summed E-state index contributed by atoms with van der Waals surface area (Å²) in [4.78, 5) is 37.3. The van der Waals surface area contributed by atoms with Crippen molar-refractivity contribution in [2.24, 2.45) is 0 Å². The Bertz CT molecular complexity index is 1120. The third kappa shape index (κ3) is 3.75. The summed E-state index contributed by atoms with van der Waals surface area (Å²) in [5, 5.41) is 6.46. The van der Waals surface area contributed by atoms with Crippen LogP contribution in [0.25, 0.3) is 10.9 Å². The summed E-state index contributed by atoms with van der Waals surface area (Å²) < 4.78 is 2.95. The van der Waals surface area contributed by atoms with Crippen molar-refractivity contribution in [3.8, 4) is 0 Å². The van der Waals surface area contributed by atoms with Crippen molar-refractivity contribution >= 4 is 50.4 Å². The van der Waals surface area contributed by atoms with Gasteiger partial charge in [0.1, 0.15) is 6.54 Å². The molecule has 0 spiro atoms. The second-order valence-electron chi connectivity index (χ2n) is 6.89. The van der Waals surface area contributed by atoms with E-state index in [4.69, 9.17) is 0 Å². The maximum absolute atomic E-state index is 12.7. The van der Waals surface area contributed by atoms with Crippen LogP contribution < -0.4 is 10.6 Å². The molecule has 1 saturated heterocycles. The SMILES string of the molecule is Cc1c(Br)c2ccccc2n1CC(=O)Nc1cccc(CN2C(=O)CNC2=O)c1. The number of fused-ring (bicyclic) bond motifs is 1. The Kier molecular flexibility index (Phi) is 5.10. The topological polar surface area (TPSA) is 83.4 Å². The van der Waals surface area contributed by atoms with Gasteiger partial charge in [-0.05, 0) is 46.6 Å². The van der Waals surface area contributed by atoms with Crippen molar-refractivity contribution < 1.29 is 14.4 Å². The fourth-order valence-corrected chi connectivity index (χ4v) is 4.03. The summed E-state index contributed by atoms with van der Waals surface area (Å²) in [6.45, 7) is 2.34. The van der Waals surface area contributed by atoms with E-state index in [1.807, 2.05) is 41.8 Å². The largest absolute Gasteiger partial charge is 0.334 e. The van der Waals surface area contributed by atoms with Crippen molar-refractivity contribution in [1.82, 2.24) is 14.8 Å². The average molecular weight is 455 g/mol. The van der Waals surface area contributed by atoms with Gasteiger partial charge in [-0.2, -0.15) is 0 Å². The molecule has 1 aliphatic rings. The molecule has 2 heterocycles. The minimum atomic E-state index is -0.398. The molecule has 148 valence electrons. The smallest absolute Gasteiger partial charge is 0.324 e. The molecule has 4 rings (SSSR count). The van der Waals surface area contributed by atoms with Crippen molar-refractivity contribution in [1.29, 1.82) is 0 Å². The molecule has 3 aromatic rings. The average Bonchev–Trinajstić information content (AvgIpc) is 3.14. The molecule has 0 radical (unpaired) electrons. The van der Waals surface area contributed by atoms with Gasteiger partial charge in [-0.3, -0.25) is 14.5 Å². The lowest BCUT2D eigenvalue weighted by Gasteiger charge is -2.14. The van der Waals surface area contributed by atoms with Crippen LogP contribution in [-0.4, -0.2) is 33.9 Å². The number of carbonyl (C=O) groups is 3. The lowest BCUT2D eigenvalue weighted by atomic mass is 10.2. The molecule has 2 N–H and O–H groups in total. The number of benzene rings is 2. The first-order valence-corrected chi connectivity index (χ1v) is 9.93. The van der Waals surface area contributed by atoms with Crippen molar-refractivity contribution in [3.63, 3.8) is 0 Å². The van der Waals surface area contributed by atoms with E-state index >= 15 is 0 Å². The maximum atomic E-state index is 12.7. The molecule has 0 aliphatic carbocycles. The van der Waals surface area contributed by atoms with E-state index in [-0.39, 0.29) is 31.4 Å². The first kappa shape index (κ1) is 19.2. The van der Waals surface area contributed by atoms with Crippen LogP contribution in [-0.2, 0) is 22.7 Å². The van der Waals surface area contributed by atoms with Crippen molar-refractivity contribution in [2.75, 3.05) is 11.9 Å². The van der Waals surface area contributed by atoms with E-state index in [1.165, 1.54) is 0 Å². The number of carbonyl (C=O) groups excluding carboxylic acids is 3. The Morgan fingerprint density at radius 2 is 1.97 bits per heavy atom. The second kappa shape index (κ2) is 7.71. The highest BCUT2D eigenvalue weighted by Gasteiger charge is 2.28. The summed E-state index contributed by atoms with van der Waals surface area (Å²) in [6.07, 6.45) is 0. The molecule has 1 fully saturated rings. The summed E-state index contributed by atoms with van der Waals surface area (Å²) in [5.74, 6) is -0.418. The first-order chi connectivity index (χ1) is 13.9. The Balaban J connectivity index is 1.49. The molecular formula is C21H19BrN4O3. The molecule has 0 unspecified atom stereocenters. The number of amides is 4. The zero-order chi connectivity index (χ0) is 20.5. The van der Waals surface area contributed by atoms with Crippen molar-refractivity contribution in [3.05, 3.63) is 64.3 Å². The fourth-order valence-electron chi connectivity index (χ4n) is 3.48. The number of para-hydroxylation sites is 1. The number of nitrogens with one attached hydrogen (secondary N) is 2. The van der Waals surface area contributed by atoms with Crippen LogP contribution in [0.1, 0.15) is 11.3 Å². The van der Waals surface area contributed by atoms with Gasteiger partial charge in [-0.15, -0.1) is 0 Å². The van der Waals surface area contributed by atoms with Gasteiger partial charge in [-0.1, -0.05) is 30.3 Å². The quantitative estimate of drug-likeness (QED) is 0.579.